The zero-order valence-electron chi connectivity index (χ0n) is 20.8. The van der Waals surface area contributed by atoms with Gasteiger partial charge in [-0.25, -0.2) is 0 Å². The van der Waals surface area contributed by atoms with Gasteiger partial charge >= 0.3 is 0 Å². The molecule has 1 amide bonds. The van der Waals surface area contributed by atoms with Gasteiger partial charge in [0.05, 0.1) is 34.5 Å². The van der Waals surface area contributed by atoms with Crippen LogP contribution in [0.1, 0.15) is 24.5 Å². The smallest absolute Gasteiger partial charge is 0.251 e. The van der Waals surface area contributed by atoms with Crippen molar-refractivity contribution in [3.05, 3.63) is 58.5 Å². The Morgan fingerprint density at radius 3 is 2.51 bits per heavy atom. The molecule has 1 fully saturated rings. The number of aromatic hydroxyl groups is 1. The number of carbonyl (C=O) groups is 2. The van der Waals surface area contributed by atoms with Crippen molar-refractivity contribution in [2.75, 3.05) is 19.8 Å². The topological polar surface area (TPSA) is 183 Å². The minimum absolute atomic E-state index is 0.0207. The molecule has 37 heavy (non-hydrogen) atoms. The van der Waals surface area contributed by atoms with E-state index in [2.05, 4.69) is 4.98 Å². The average Bonchev–Trinajstić information content (AvgIpc) is 2.80. The summed E-state index contributed by atoms with van der Waals surface area (Å²) < 4.78 is 0. The molecule has 0 radical (unpaired) electrons. The lowest BCUT2D eigenvalue weighted by molar-refractivity contribution is -0.139. The maximum Gasteiger partial charge on any atom is 0.251 e. The lowest BCUT2D eigenvalue weighted by Gasteiger charge is -2.52. The summed E-state index contributed by atoms with van der Waals surface area (Å²) in [5.41, 5.74) is 11.1. The van der Waals surface area contributed by atoms with Crippen LogP contribution >= 0.6 is 0 Å². The maximum atomic E-state index is 14.0. The van der Waals surface area contributed by atoms with Crippen molar-refractivity contribution in [3.8, 4) is 17.0 Å². The molecule has 1 aromatic heterocycles. The summed E-state index contributed by atoms with van der Waals surface area (Å²) in [4.78, 5) is 32.4. The molecule has 10 heteroatoms. The van der Waals surface area contributed by atoms with Gasteiger partial charge in [0.1, 0.15) is 22.9 Å². The van der Waals surface area contributed by atoms with Gasteiger partial charge in [-0.2, -0.15) is 0 Å². The SMILES string of the molecule is CN(C)C1C(O)=C(C(N)=O)C(C)(O)C2C(=O)C3=C(O)c4c(O)c(N)cc(-c5ccccn5)c4CC3CC12. The summed E-state index contributed by atoms with van der Waals surface area (Å²) in [6.45, 7) is 1.29. The van der Waals surface area contributed by atoms with Gasteiger partial charge in [-0.15, -0.1) is 0 Å². The summed E-state index contributed by atoms with van der Waals surface area (Å²) in [6, 6.07) is 6.22. The van der Waals surface area contributed by atoms with Gasteiger partial charge in [0.2, 0.25) is 0 Å². The van der Waals surface area contributed by atoms with Gasteiger partial charge < -0.3 is 31.9 Å². The predicted molar refractivity (Wildman–Crippen MR) is 136 cm³/mol. The number of amides is 1. The summed E-state index contributed by atoms with van der Waals surface area (Å²) in [5.74, 6) is -4.92. The number of anilines is 1. The fourth-order valence-electron chi connectivity index (χ4n) is 6.72. The first kappa shape index (κ1) is 24.8. The Balaban J connectivity index is 1.73. The summed E-state index contributed by atoms with van der Waals surface area (Å²) >= 11 is 0. The fraction of sp³-hybridized carbons (Fsp3) is 0.370. The zero-order chi connectivity index (χ0) is 27.0. The first-order valence-electron chi connectivity index (χ1n) is 12.0. The lowest BCUT2D eigenvalue weighted by atomic mass is 9.55. The van der Waals surface area contributed by atoms with Crippen molar-refractivity contribution in [1.82, 2.24) is 9.88 Å². The molecule has 194 valence electrons. The van der Waals surface area contributed by atoms with E-state index < -0.39 is 52.4 Å². The number of primary amides is 1. The molecule has 10 nitrogen and oxygen atoms in total. The minimum atomic E-state index is -2.07. The highest BCUT2D eigenvalue weighted by molar-refractivity contribution is 6.08. The van der Waals surface area contributed by atoms with Gasteiger partial charge in [0.25, 0.3) is 5.91 Å². The summed E-state index contributed by atoms with van der Waals surface area (Å²) in [6.07, 6.45) is 2.23. The van der Waals surface area contributed by atoms with E-state index in [-0.39, 0.29) is 28.3 Å². The number of aliphatic hydroxyl groups excluding tert-OH is 2. The molecular weight excluding hydrogens is 476 g/mol. The monoisotopic (exact) mass is 506 g/mol. The van der Waals surface area contributed by atoms with Gasteiger partial charge in [-0.1, -0.05) is 6.07 Å². The number of nitrogen functional groups attached to an aromatic ring is 1. The predicted octanol–water partition coefficient (Wildman–Crippen LogP) is 1.68. The molecule has 3 aliphatic carbocycles. The van der Waals surface area contributed by atoms with E-state index in [9.17, 15) is 30.0 Å². The largest absolute Gasteiger partial charge is 0.510 e. The van der Waals surface area contributed by atoms with Crippen molar-refractivity contribution >= 4 is 23.1 Å². The Hall–Kier alpha value is -3.89. The van der Waals surface area contributed by atoms with Crippen LogP contribution in [-0.4, -0.2) is 67.7 Å². The molecule has 5 unspecified atom stereocenters. The van der Waals surface area contributed by atoms with Gasteiger partial charge in [0.15, 0.2) is 5.78 Å². The Bertz CT molecular complexity index is 1400. The van der Waals surface area contributed by atoms with E-state index >= 15 is 0 Å². The van der Waals surface area contributed by atoms with Crippen molar-refractivity contribution in [3.63, 3.8) is 0 Å². The Kier molecular flexibility index (Phi) is 5.58. The minimum Gasteiger partial charge on any atom is -0.510 e. The molecule has 5 atom stereocenters. The van der Waals surface area contributed by atoms with Crippen LogP contribution < -0.4 is 11.5 Å². The molecule has 1 saturated carbocycles. The molecule has 2 aromatic rings. The Morgan fingerprint density at radius 2 is 1.92 bits per heavy atom. The Morgan fingerprint density at radius 1 is 1.22 bits per heavy atom. The number of aromatic nitrogens is 1. The van der Waals surface area contributed by atoms with Crippen LogP contribution in [0.5, 0.6) is 5.75 Å². The van der Waals surface area contributed by atoms with E-state index in [1.165, 1.54) is 6.92 Å². The number of likely N-dealkylation sites (N-methyl/N-ethyl adjacent to an activating group) is 1. The van der Waals surface area contributed by atoms with Crippen molar-refractivity contribution < 1.29 is 30.0 Å². The number of pyridine rings is 1. The van der Waals surface area contributed by atoms with Crippen LogP contribution in [0.25, 0.3) is 17.0 Å². The molecule has 0 spiro atoms. The molecule has 3 aliphatic rings. The number of carbonyl (C=O) groups excluding carboxylic acids is 2. The summed E-state index contributed by atoms with van der Waals surface area (Å²) in [5, 5.41) is 44.8. The fourth-order valence-corrected chi connectivity index (χ4v) is 6.72. The average molecular weight is 507 g/mol. The van der Waals surface area contributed by atoms with Crippen molar-refractivity contribution in [1.29, 1.82) is 0 Å². The molecule has 1 heterocycles. The van der Waals surface area contributed by atoms with Crippen LogP contribution in [0.2, 0.25) is 0 Å². The maximum absolute atomic E-state index is 14.0. The lowest BCUT2D eigenvalue weighted by Crippen LogP contribution is -2.61. The highest BCUT2D eigenvalue weighted by Gasteiger charge is 2.60. The first-order chi connectivity index (χ1) is 17.4. The molecule has 1 aromatic carbocycles. The van der Waals surface area contributed by atoms with E-state index in [4.69, 9.17) is 11.5 Å². The summed E-state index contributed by atoms with van der Waals surface area (Å²) in [7, 11) is 3.42. The number of aliphatic hydroxyl groups is 3. The Labute approximate surface area is 213 Å². The number of phenols is 1. The second kappa shape index (κ2) is 8.32. The van der Waals surface area contributed by atoms with Crippen LogP contribution in [0.15, 0.2) is 47.4 Å². The number of Topliss-reactive ketones (excluding diaryl/α,β-unsaturated/α-hetero) is 1. The highest BCUT2D eigenvalue weighted by Crippen LogP contribution is 2.55. The number of allylic oxidation sites excluding steroid dienone is 1. The third kappa shape index (κ3) is 3.43. The number of hydrogen-bond acceptors (Lipinski definition) is 9. The standard InChI is InChI=1S/C27H30N4O6/c1-27(37)19-14(21(31(2)3)25(35)20(27)26(29)36)9-11-8-13-12(16-6-4-5-7-30-16)10-15(28)22(32)18(13)23(33)17(11)24(19)34/h4-7,10-11,14,19,21,32-33,35,37H,8-9,28H2,1-3H3,(H2,29,36). The number of ketones is 1. The molecule has 5 rings (SSSR count). The molecular formula is C27H30N4O6. The van der Waals surface area contributed by atoms with E-state index in [0.717, 1.165) is 0 Å². The van der Waals surface area contributed by atoms with E-state index in [1.54, 1.807) is 43.4 Å². The first-order valence-corrected chi connectivity index (χ1v) is 12.0. The van der Waals surface area contributed by atoms with Crippen LogP contribution in [0, 0.1) is 17.8 Å². The molecule has 0 aliphatic heterocycles. The quantitative estimate of drug-likeness (QED) is 0.266. The van der Waals surface area contributed by atoms with Crippen molar-refractivity contribution in [2.45, 2.75) is 31.4 Å². The van der Waals surface area contributed by atoms with Crippen molar-refractivity contribution in [2.24, 2.45) is 23.5 Å². The number of nitrogens with zero attached hydrogens (tertiary/aromatic N) is 2. The number of nitrogens with two attached hydrogens (primary N) is 2. The highest BCUT2D eigenvalue weighted by atomic mass is 16.3. The number of fused-ring (bicyclic) bond motifs is 3. The second-order valence-corrected chi connectivity index (χ2v) is 10.5. The van der Waals surface area contributed by atoms with E-state index in [0.29, 0.717) is 29.7 Å². The van der Waals surface area contributed by atoms with Crippen LogP contribution in [0.3, 0.4) is 0 Å². The number of benzene rings is 1. The zero-order valence-corrected chi connectivity index (χ0v) is 20.8. The van der Waals surface area contributed by atoms with Crippen LogP contribution in [-0.2, 0) is 16.0 Å². The third-order valence-corrected chi connectivity index (χ3v) is 8.12. The van der Waals surface area contributed by atoms with Crippen LogP contribution in [0.4, 0.5) is 5.69 Å². The molecule has 0 saturated heterocycles. The third-order valence-electron chi connectivity index (χ3n) is 8.12. The van der Waals surface area contributed by atoms with Gasteiger partial charge in [-0.3, -0.25) is 19.5 Å². The van der Waals surface area contributed by atoms with Gasteiger partial charge in [-0.05, 0) is 69.5 Å². The molecule has 8 N–H and O–H groups in total. The number of rotatable bonds is 3. The number of hydrogen-bond donors (Lipinski definition) is 6. The number of phenolic OH excluding ortho intramolecular Hbond substituents is 1. The van der Waals surface area contributed by atoms with E-state index in [1.807, 2.05) is 6.07 Å². The molecule has 0 bridgehead atoms. The normalized spacial score (nSPS) is 29.2. The second-order valence-electron chi connectivity index (χ2n) is 10.5. The van der Waals surface area contributed by atoms with Gasteiger partial charge in [0, 0.05) is 17.3 Å².